The van der Waals surface area contributed by atoms with Gasteiger partial charge < -0.3 is 4.74 Å². The van der Waals surface area contributed by atoms with Crippen molar-refractivity contribution in [2.75, 3.05) is 0 Å². The van der Waals surface area contributed by atoms with E-state index >= 15 is 0 Å². The zero-order valence-electron chi connectivity index (χ0n) is 16.7. The Kier molecular flexibility index (Phi) is 4.85. The maximum absolute atomic E-state index is 12.2. The third-order valence-corrected chi connectivity index (χ3v) is 8.79. The number of hydrogen-bond donors (Lipinski definition) is 1. The van der Waals surface area contributed by atoms with Crippen LogP contribution >= 0.6 is 12.6 Å². The van der Waals surface area contributed by atoms with E-state index < -0.39 is 0 Å². The first-order valence-corrected chi connectivity index (χ1v) is 11.1. The summed E-state index contributed by atoms with van der Waals surface area (Å²) in [5.41, 5.74) is 1.51. The highest BCUT2D eigenvalue weighted by Gasteiger charge is 2.62. The average molecular weight is 389 g/mol. The fraction of sp³-hybridized carbons (Fsp3) is 0.739. The van der Waals surface area contributed by atoms with E-state index in [1.807, 2.05) is 6.92 Å². The third kappa shape index (κ3) is 2.85. The fourth-order valence-corrected chi connectivity index (χ4v) is 7.48. The SMILES string of the molecule is CCC(=O)OC1CC2=CCC=C[C@]2(C)[C@H]2CC[C@]3(C)C(C(=O)S)CC[C@H]3[C@H]12. The summed E-state index contributed by atoms with van der Waals surface area (Å²) in [6.45, 7) is 6.54. The van der Waals surface area contributed by atoms with E-state index in [0.717, 1.165) is 38.5 Å². The van der Waals surface area contributed by atoms with Gasteiger partial charge in [0.05, 0.1) is 0 Å². The summed E-state index contributed by atoms with van der Waals surface area (Å²) in [6, 6.07) is 0. The maximum Gasteiger partial charge on any atom is 0.305 e. The Morgan fingerprint density at radius 3 is 2.70 bits per heavy atom. The summed E-state index contributed by atoms with van der Waals surface area (Å²) in [5, 5.41) is 0.0423. The zero-order valence-corrected chi connectivity index (χ0v) is 17.6. The van der Waals surface area contributed by atoms with Gasteiger partial charge in [0.1, 0.15) is 6.10 Å². The minimum absolute atomic E-state index is 0.00711. The van der Waals surface area contributed by atoms with Crippen LogP contribution in [-0.2, 0) is 14.3 Å². The molecule has 0 N–H and O–H groups in total. The van der Waals surface area contributed by atoms with Crippen LogP contribution in [0.3, 0.4) is 0 Å². The first kappa shape index (κ1) is 19.3. The van der Waals surface area contributed by atoms with E-state index in [4.69, 9.17) is 4.74 Å². The standard InChI is InChI=1S/C23H32O3S/c1-4-19(24)26-18-13-14-7-5-6-11-22(14,2)16-10-12-23(3)15(20(16)18)8-9-17(23)21(25)27/h6-7,11,15-18,20H,4-5,8-10,12-13H2,1-3H3,(H,25,27)/t15-,16-,17?,18?,20-,22-,23-/m0/s1. The summed E-state index contributed by atoms with van der Waals surface area (Å²) in [4.78, 5) is 24.4. The molecule has 4 heteroatoms. The summed E-state index contributed by atoms with van der Waals surface area (Å²) in [7, 11) is 0. The molecule has 4 aliphatic carbocycles. The van der Waals surface area contributed by atoms with Crippen LogP contribution in [0, 0.1) is 34.5 Å². The number of allylic oxidation sites excluding steroid dienone is 3. The van der Waals surface area contributed by atoms with Crippen LogP contribution in [0.5, 0.6) is 0 Å². The minimum atomic E-state index is -0.0959. The molecule has 4 aliphatic rings. The Labute approximate surface area is 168 Å². The molecule has 0 aromatic carbocycles. The quantitative estimate of drug-likeness (QED) is 0.415. The van der Waals surface area contributed by atoms with Crippen molar-refractivity contribution in [1.82, 2.24) is 0 Å². The predicted molar refractivity (Wildman–Crippen MR) is 109 cm³/mol. The molecular weight excluding hydrogens is 356 g/mol. The van der Waals surface area contributed by atoms with Crippen LogP contribution in [0.4, 0.5) is 0 Å². The van der Waals surface area contributed by atoms with Gasteiger partial charge in [-0.15, -0.1) is 12.6 Å². The van der Waals surface area contributed by atoms with Gasteiger partial charge in [0.2, 0.25) is 0 Å². The van der Waals surface area contributed by atoms with E-state index in [2.05, 4.69) is 44.7 Å². The van der Waals surface area contributed by atoms with Gasteiger partial charge in [-0.2, -0.15) is 0 Å². The van der Waals surface area contributed by atoms with Crippen molar-refractivity contribution in [1.29, 1.82) is 0 Å². The molecular formula is C23H32O3S. The van der Waals surface area contributed by atoms with Gasteiger partial charge >= 0.3 is 5.97 Å². The number of fused-ring (bicyclic) bond motifs is 5. The Hall–Kier alpha value is -1.03. The van der Waals surface area contributed by atoms with Crippen molar-refractivity contribution in [2.45, 2.75) is 71.8 Å². The highest BCUT2D eigenvalue weighted by atomic mass is 32.1. The number of hydrogen-bond acceptors (Lipinski definition) is 3. The Bertz CT molecular complexity index is 710. The molecule has 2 unspecified atom stereocenters. The molecule has 0 heterocycles. The van der Waals surface area contributed by atoms with Crippen molar-refractivity contribution < 1.29 is 14.3 Å². The van der Waals surface area contributed by atoms with Gasteiger partial charge in [0, 0.05) is 30.1 Å². The lowest BCUT2D eigenvalue weighted by Gasteiger charge is -2.58. The Balaban J connectivity index is 1.74. The molecule has 0 spiro atoms. The highest BCUT2D eigenvalue weighted by Crippen LogP contribution is 2.66. The lowest BCUT2D eigenvalue weighted by Crippen LogP contribution is -2.55. The van der Waals surface area contributed by atoms with Crippen LogP contribution in [0.1, 0.15) is 65.7 Å². The van der Waals surface area contributed by atoms with Gasteiger partial charge in [0.15, 0.2) is 5.12 Å². The lowest BCUT2D eigenvalue weighted by atomic mass is 9.47. The fourth-order valence-electron chi connectivity index (χ4n) is 7.06. The molecule has 4 rings (SSSR count). The average Bonchev–Trinajstić information content (AvgIpc) is 2.99. The highest BCUT2D eigenvalue weighted by molar-refractivity contribution is 7.96. The van der Waals surface area contributed by atoms with Crippen LogP contribution in [0.15, 0.2) is 23.8 Å². The molecule has 0 aromatic heterocycles. The van der Waals surface area contributed by atoms with Crippen LogP contribution in [0.25, 0.3) is 0 Å². The van der Waals surface area contributed by atoms with E-state index in [1.165, 1.54) is 5.57 Å². The molecule has 0 aliphatic heterocycles. The smallest absolute Gasteiger partial charge is 0.305 e. The monoisotopic (exact) mass is 388 g/mol. The number of carbonyl (C=O) groups excluding carboxylic acids is 2. The maximum atomic E-state index is 12.2. The number of rotatable bonds is 3. The molecule has 3 nitrogen and oxygen atoms in total. The first-order valence-electron chi connectivity index (χ1n) is 10.6. The van der Waals surface area contributed by atoms with Gasteiger partial charge in [-0.25, -0.2) is 0 Å². The molecule has 0 bridgehead atoms. The molecule has 7 atom stereocenters. The van der Waals surface area contributed by atoms with Gasteiger partial charge in [0.25, 0.3) is 0 Å². The van der Waals surface area contributed by atoms with E-state index in [9.17, 15) is 9.59 Å². The molecule has 148 valence electrons. The lowest BCUT2D eigenvalue weighted by molar-refractivity contribution is -0.165. The summed E-state index contributed by atoms with van der Waals surface area (Å²) < 4.78 is 6.04. The third-order valence-electron chi connectivity index (χ3n) is 8.48. The second kappa shape index (κ2) is 6.79. The topological polar surface area (TPSA) is 43.4 Å². The number of thiol groups is 1. The van der Waals surface area contributed by atoms with E-state index in [-0.39, 0.29) is 33.9 Å². The predicted octanol–water partition coefficient (Wildman–Crippen LogP) is 5.12. The van der Waals surface area contributed by atoms with Crippen molar-refractivity contribution in [3.05, 3.63) is 23.8 Å². The number of ether oxygens (including phenoxy) is 1. The zero-order chi connectivity index (χ0) is 19.4. The van der Waals surface area contributed by atoms with Crippen molar-refractivity contribution in [3.8, 4) is 0 Å². The van der Waals surface area contributed by atoms with Crippen LogP contribution in [-0.4, -0.2) is 17.2 Å². The van der Waals surface area contributed by atoms with Crippen molar-refractivity contribution >= 4 is 23.7 Å². The van der Waals surface area contributed by atoms with Crippen LogP contribution in [0.2, 0.25) is 0 Å². The summed E-state index contributed by atoms with van der Waals surface area (Å²) in [6.07, 6.45) is 13.4. The van der Waals surface area contributed by atoms with Gasteiger partial charge in [-0.05, 0) is 49.4 Å². The molecule has 3 fully saturated rings. The second-order valence-corrected chi connectivity index (χ2v) is 9.98. The Morgan fingerprint density at radius 2 is 2.00 bits per heavy atom. The Morgan fingerprint density at radius 1 is 1.22 bits per heavy atom. The largest absolute Gasteiger partial charge is 0.462 e. The second-order valence-electron chi connectivity index (χ2n) is 9.54. The number of carbonyl (C=O) groups is 2. The molecule has 3 saturated carbocycles. The van der Waals surface area contributed by atoms with Gasteiger partial charge in [-0.3, -0.25) is 9.59 Å². The van der Waals surface area contributed by atoms with Crippen molar-refractivity contribution in [2.24, 2.45) is 34.5 Å². The molecule has 0 amide bonds. The molecule has 0 aromatic rings. The van der Waals surface area contributed by atoms with E-state index in [0.29, 0.717) is 24.2 Å². The molecule has 0 radical (unpaired) electrons. The normalized spacial score (nSPS) is 45.3. The van der Waals surface area contributed by atoms with Gasteiger partial charge in [-0.1, -0.05) is 44.6 Å². The summed E-state index contributed by atoms with van der Waals surface area (Å²) in [5.74, 6) is 1.19. The molecule has 0 saturated heterocycles. The van der Waals surface area contributed by atoms with E-state index in [1.54, 1.807) is 0 Å². The minimum Gasteiger partial charge on any atom is -0.462 e. The number of esters is 1. The first-order chi connectivity index (χ1) is 12.8. The molecule has 27 heavy (non-hydrogen) atoms. The van der Waals surface area contributed by atoms with Crippen molar-refractivity contribution in [3.63, 3.8) is 0 Å². The summed E-state index contributed by atoms with van der Waals surface area (Å²) >= 11 is 4.22. The van der Waals surface area contributed by atoms with Crippen LogP contribution < -0.4 is 0 Å².